The molecule has 0 aliphatic carbocycles. The second-order valence-electron chi connectivity index (χ2n) is 6.53. The van der Waals surface area contributed by atoms with Crippen LogP contribution >= 0.6 is 0 Å². The highest BCUT2D eigenvalue weighted by atomic mass is 16.5. The third-order valence-corrected chi connectivity index (χ3v) is 4.54. The van der Waals surface area contributed by atoms with Gasteiger partial charge in [0.15, 0.2) is 11.2 Å². The molecule has 0 spiro atoms. The fraction of sp³-hybridized carbons (Fsp3) is 0.389. The number of nitrogens with two attached hydrogens (primary N) is 2. The van der Waals surface area contributed by atoms with Crippen LogP contribution in [0.4, 0.5) is 11.6 Å². The van der Waals surface area contributed by atoms with Crippen molar-refractivity contribution < 1.29 is 9.47 Å². The standard InChI is InChI=1S/C18H22N6O2/c1-11-2-7-14(26-11)24-10-21-15-16(24)22-18(20)23-17(15)25-9-8-12-3-5-13(19)6-4-12/h3-6,10-11,14H,2,7-9,19H2,1H3,(H2,20,22,23). The first kappa shape index (κ1) is 16.6. The highest BCUT2D eigenvalue weighted by Crippen LogP contribution is 2.32. The van der Waals surface area contributed by atoms with Gasteiger partial charge in [-0.25, -0.2) is 4.98 Å². The Balaban J connectivity index is 1.53. The summed E-state index contributed by atoms with van der Waals surface area (Å²) in [6, 6.07) is 7.72. The van der Waals surface area contributed by atoms with Gasteiger partial charge >= 0.3 is 0 Å². The molecule has 0 saturated carbocycles. The summed E-state index contributed by atoms with van der Waals surface area (Å²) in [6.45, 7) is 2.52. The molecule has 1 aliphatic rings. The molecule has 0 amide bonds. The van der Waals surface area contributed by atoms with Crippen LogP contribution in [0.1, 0.15) is 31.6 Å². The number of anilines is 2. The lowest BCUT2D eigenvalue weighted by atomic mass is 10.1. The fourth-order valence-electron chi connectivity index (χ4n) is 3.15. The van der Waals surface area contributed by atoms with Crippen LogP contribution in [0.3, 0.4) is 0 Å². The number of rotatable bonds is 5. The zero-order valence-electron chi connectivity index (χ0n) is 14.6. The Morgan fingerprint density at radius 2 is 2.00 bits per heavy atom. The number of nitrogens with zero attached hydrogens (tertiary/aromatic N) is 4. The largest absolute Gasteiger partial charge is 0.476 e. The molecular weight excluding hydrogens is 332 g/mol. The van der Waals surface area contributed by atoms with Crippen LogP contribution in [-0.2, 0) is 11.2 Å². The van der Waals surface area contributed by atoms with Crippen molar-refractivity contribution in [1.82, 2.24) is 19.5 Å². The summed E-state index contributed by atoms with van der Waals surface area (Å²) in [7, 11) is 0. The fourth-order valence-corrected chi connectivity index (χ4v) is 3.15. The third kappa shape index (κ3) is 3.28. The number of ether oxygens (including phenoxy) is 2. The van der Waals surface area contributed by atoms with Crippen molar-refractivity contribution in [2.24, 2.45) is 0 Å². The zero-order chi connectivity index (χ0) is 18.1. The predicted molar refractivity (Wildman–Crippen MR) is 98.6 cm³/mol. The third-order valence-electron chi connectivity index (χ3n) is 4.54. The van der Waals surface area contributed by atoms with Gasteiger partial charge in [-0.05, 0) is 37.5 Å². The molecule has 8 heteroatoms. The van der Waals surface area contributed by atoms with Gasteiger partial charge in [-0.3, -0.25) is 4.57 Å². The first-order chi connectivity index (χ1) is 12.6. The van der Waals surface area contributed by atoms with Crippen LogP contribution in [0.5, 0.6) is 5.88 Å². The Bertz CT molecular complexity index is 908. The van der Waals surface area contributed by atoms with Gasteiger partial charge in [0.25, 0.3) is 0 Å². The van der Waals surface area contributed by atoms with Gasteiger partial charge in [0.2, 0.25) is 11.8 Å². The van der Waals surface area contributed by atoms with Crippen molar-refractivity contribution in [2.75, 3.05) is 18.1 Å². The molecule has 3 heterocycles. The highest BCUT2D eigenvalue weighted by molar-refractivity contribution is 5.77. The molecule has 4 rings (SSSR count). The summed E-state index contributed by atoms with van der Waals surface area (Å²) in [5.41, 5.74) is 14.7. The molecule has 1 saturated heterocycles. The number of hydrogen-bond acceptors (Lipinski definition) is 7. The van der Waals surface area contributed by atoms with Gasteiger partial charge in [-0.2, -0.15) is 9.97 Å². The van der Waals surface area contributed by atoms with E-state index >= 15 is 0 Å². The SMILES string of the molecule is CC1CCC(n2cnc3c(OCCc4ccc(N)cc4)nc(N)nc32)O1. The number of aromatic nitrogens is 4. The number of hydrogen-bond donors (Lipinski definition) is 2. The van der Waals surface area contributed by atoms with Gasteiger partial charge in [0.1, 0.15) is 6.23 Å². The summed E-state index contributed by atoms with van der Waals surface area (Å²) in [4.78, 5) is 13.0. The zero-order valence-corrected chi connectivity index (χ0v) is 14.6. The van der Waals surface area contributed by atoms with E-state index in [1.807, 2.05) is 28.8 Å². The number of fused-ring (bicyclic) bond motifs is 1. The van der Waals surface area contributed by atoms with Gasteiger partial charge in [-0.15, -0.1) is 0 Å². The van der Waals surface area contributed by atoms with E-state index in [9.17, 15) is 0 Å². The molecule has 0 radical (unpaired) electrons. The van der Waals surface area contributed by atoms with Gasteiger partial charge < -0.3 is 20.9 Å². The molecule has 2 aromatic heterocycles. The van der Waals surface area contributed by atoms with Crippen LogP contribution in [0, 0.1) is 0 Å². The van der Waals surface area contributed by atoms with E-state index in [0.29, 0.717) is 23.7 Å². The molecule has 4 N–H and O–H groups in total. The maximum absolute atomic E-state index is 5.91. The number of nitrogen functional groups attached to an aromatic ring is 2. The number of benzene rings is 1. The van der Waals surface area contributed by atoms with E-state index in [0.717, 1.165) is 30.5 Å². The van der Waals surface area contributed by atoms with Crippen LogP contribution < -0.4 is 16.2 Å². The Hall–Kier alpha value is -2.87. The lowest BCUT2D eigenvalue weighted by molar-refractivity contribution is 0.0132. The Labute approximate surface area is 151 Å². The van der Waals surface area contributed by atoms with Crippen molar-refractivity contribution in [3.8, 4) is 5.88 Å². The monoisotopic (exact) mass is 354 g/mol. The van der Waals surface area contributed by atoms with E-state index in [4.69, 9.17) is 20.9 Å². The average Bonchev–Trinajstić information content (AvgIpc) is 3.22. The van der Waals surface area contributed by atoms with E-state index in [2.05, 4.69) is 21.9 Å². The predicted octanol–water partition coefficient (Wildman–Crippen LogP) is 2.31. The van der Waals surface area contributed by atoms with E-state index < -0.39 is 0 Å². The van der Waals surface area contributed by atoms with Crippen molar-refractivity contribution >= 4 is 22.8 Å². The second-order valence-corrected chi connectivity index (χ2v) is 6.53. The smallest absolute Gasteiger partial charge is 0.247 e. The van der Waals surface area contributed by atoms with Crippen LogP contribution in [0.2, 0.25) is 0 Å². The van der Waals surface area contributed by atoms with Crippen molar-refractivity contribution in [3.63, 3.8) is 0 Å². The number of imidazole rings is 1. The summed E-state index contributed by atoms with van der Waals surface area (Å²) in [6.07, 6.45) is 4.53. The normalized spacial score (nSPS) is 19.9. The first-order valence-corrected chi connectivity index (χ1v) is 8.73. The maximum atomic E-state index is 5.91. The minimum atomic E-state index is -0.0769. The summed E-state index contributed by atoms with van der Waals surface area (Å²) < 4.78 is 13.7. The first-order valence-electron chi connectivity index (χ1n) is 8.73. The molecule has 26 heavy (non-hydrogen) atoms. The molecular formula is C18H22N6O2. The minimum absolute atomic E-state index is 0.0769. The van der Waals surface area contributed by atoms with Gasteiger partial charge in [0.05, 0.1) is 19.0 Å². The lowest BCUT2D eigenvalue weighted by Gasteiger charge is -2.13. The Kier molecular flexibility index (Phi) is 4.34. The average molecular weight is 354 g/mol. The molecule has 8 nitrogen and oxygen atoms in total. The van der Waals surface area contributed by atoms with E-state index in [1.165, 1.54) is 0 Å². The topological polar surface area (TPSA) is 114 Å². The summed E-state index contributed by atoms with van der Waals surface area (Å²) >= 11 is 0. The highest BCUT2D eigenvalue weighted by Gasteiger charge is 2.26. The molecule has 1 fully saturated rings. The maximum Gasteiger partial charge on any atom is 0.247 e. The molecule has 3 aromatic rings. The molecule has 2 unspecified atom stereocenters. The summed E-state index contributed by atoms with van der Waals surface area (Å²) in [5, 5.41) is 0. The van der Waals surface area contributed by atoms with Gasteiger partial charge in [-0.1, -0.05) is 12.1 Å². The van der Waals surface area contributed by atoms with Crippen LogP contribution in [0.15, 0.2) is 30.6 Å². The van der Waals surface area contributed by atoms with E-state index in [1.54, 1.807) is 6.33 Å². The van der Waals surface area contributed by atoms with Crippen molar-refractivity contribution in [1.29, 1.82) is 0 Å². The molecule has 0 bridgehead atoms. The van der Waals surface area contributed by atoms with E-state index in [-0.39, 0.29) is 18.3 Å². The van der Waals surface area contributed by atoms with Gasteiger partial charge in [0, 0.05) is 12.1 Å². The van der Waals surface area contributed by atoms with Crippen LogP contribution in [0.25, 0.3) is 11.2 Å². The molecule has 136 valence electrons. The van der Waals surface area contributed by atoms with Crippen molar-refractivity contribution in [2.45, 2.75) is 38.5 Å². The quantitative estimate of drug-likeness (QED) is 0.676. The molecule has 2 atom stereocenters. The Morgan fingerprint density at radius 1 is 1.19 bits per heavy atom. The summed E-state index contributed by atoms with van der Waals surface area (Å²) in [5.74, 6) is 0.556. The molecule has 1 aromatic carbocycles. The second kappa shape index (κ2) is 6.80. The van der Waals surface area contributed by atoms with Crippen LogP contribution in [-0.4, -0.2) is 32.2 Å². The lowest BCUT2D eigenvalue weighted by Crippen LogP contribution is -2.10. The minimum Gasteiger partial charge on any atom is -0.476 e. The van der Waals surface area contributed by atoms with Crippen molar-refractivity contribution in [3.05, 3.63) is 36.2 Å². The molecule has 1 aliphatic heterocycles. The Morgan fingerprint density at radius 3 is 2.73 bits per heavy atom.